The first-order valence-electron chi connectivity index (χ1n) is 5.31. The number of nitrogens with two attached hydrogens (primary N) is 1. The van der Waals surface area contributed by atoms with Crippen molar-refractivity contribution >= 4 is 0 Å². The van der Waals surface area contributed by atoms with Crippen LogP contribution in [0.5, 0.6) is 0 Å². The molecule has 6 atom stereocenters. The normalized spacial score (nSPS) is 40.2. The number of aliphatic hydroxyl groups is 5. The zero-order valence-electron chi connectivity index (χ0n) is 9.22. The zero-order chi connectivity index (χ0) is 13.0. The molecule has 0 spiro atoms. The maximum absolute atomic E-state index is 9.55. The summed E-state index contributed by atoms with van der Waals surface area (Å²) in [6.07, 6.45) is -7.53. The van der Waals surface area contributed by atoms with Gasteiger partial charge in [-0.1, -0.05) is 0 Å². The van der Waals surface area contributed by atoms with Gasteiger partial charge < -0.3 is 40.7 Å². The van der Waals surface area contributed by atoms with Gasteiger partial charge in [0.05, 0.1) is 19.3 Å². The molecule has 1 heterocycles. The number of hydrogen-bond acceptors (Lipinski definition) is 8. The van der Waals surface area contributed by atoms with E-state index in [9.17, 15) is 15.3 Å². The molecule has 1 aliphatic rings. The van der Waals surface area contributed by atoms with E-state index >= 15 is 0 Å². The molecule has 17 heavy (non-hydrogen) atoms. The van der Waals surface area contributed by atoms with E-state index in [0.29, 0.717) is 0 Å². The van der Waals surface area contributed by atoms with Crippen molar-refractivity contribution in [1.29, 1.82) is 0 Å². The molecular formula is C9H19NO7. The second-order valence-electron chi connectivity index (χ2n) is 3.92. The quantitative estimate of drug-likeness (QED) is 0.292. The lowest BCUT2D eigenvalue weighted by Crippen LogP contribution is -2.59. The van der Waals surface area contributed by atoms with E-state index < -0.39 is 43.4 Å². The maximum atomic E-state index is 9.55. The van der Waals surface area contributed by atoms with Crippen LogP contribution in [0.25, 0.3) is 0 Å². The summed E-state index contributed by atoms with van der Waals surface area (Å²) in [4.78, 5) is 0. The minimum atomic E-state index is -1.49. The Morgan fingerprint density at radius 1 is 1.18 bits per heavy atom. The molecule has 1 fully saturated rings. The molecule has 0 saturated carbocycles. The van der Waals surface area contributed by atoms with Gasteiger partial charge in [-0.15, -0.1) is 0 Å². The van der Waals surface area contributed by atoms with E-state index in [0.717, 1.165) is 0 Å². The lowest BCUT2D eigenvalue weighted by molar-refractivity contribution is -0.304. The highest BCUT2D eigenvalue weighted by Gasteiger charge is 2.44. The first-order chi connectivity index (χ1) is 8.01. The highest BCUT2D eigenvalue weighted by atomic mass is 16.7. The average molecular weight is 253 g/mol. The Morgan fingerprint density at radius 3 is 2.35 bits per heavy atom. The zero-order valence-corrected chi connectivity index (χ0v) is 9.22. The third-order valence-corrected chi connectivity index (χ3v) is 2.57. The summed E-state index contributed by atoms with van der Waals surface area (Å²) in [7, 11) is 0. The second kappa shape index (κ2) is 6.57. The van der Waals surface area contributed by atoms with Gasteiger partial charge in [-0.2, -0.15) is 0 Å². The molecule has 0 bridgehead atoms. The summed E-state index contributed by atoms with van der Waals surface area (Å²) in [6, 6.07) is 0. The Balaban J connectivity index is 2.53. The maximum Gasteiger partial charge on any atom is 0.186 e. The topological polar surface area (TPSA) is 146 Å². The van der Waals surface area contributed by atoms with Crippen molar-refractivity contribution in [2.45, 2.75) is 36.8 Å². The fourth-order valence-corrected chi connectivity index (χ4v) is 1.48. The van der Waals surface area contributed by atoms with Crippen LogP contribution in [-0.4, -0.2) is 82.1 Å². The van der Waals surface area contributed by atoms with E-state index in [2.05, 4.69) is 0 Å². The highest BCUT2D eigenvalue weighted by molar-refractivity contribution is 4.88. The van der Waals surface area contributed by atoms with Gasteiger partial charge in [0, 0.05) is 6.54 Å². The van der Waals surface area contributed by atoms with Gasteiger partial charge >= 0.3 is 0 Å². The van der Waals surface area contributed by atoms with E-state index in [1.807, 2.05) is 0 Å². The summed E-state index contributed by atoms with van der Waals surface area (Å²) < 4.78 is 10.1. The Morgan fingerprint density at radius 2 is 1.82 bits per heavy atom. The summed E-state index contributed by atoms with van der Waals surface area (Å²) in [5.41, 5.74) is 5.16. The first kappa shape index (κ1) is 14.7. The fourth-order valence-electron chi connectivity index (χ4n) is 1.48. The number of aliphatic hydroxyl groups excluding tert-OH is 5. The van der Waals surface area contributed by atoms with Gasteiger partial charge in [-0.3, -0.25) is 0 Å². The van der Waals surface area contributed by atoms with Crippen LogP contribution in [0.15, 0.2) is 0 Å². The van der Waals surface area contributed by atoms with Gasteiger partial charge in [0.25, 0.3) is 0 Å². The molecule has 8 nitrogen and oxygen atoms in total. The third kappa shape index (κ3) is 3.57. The lowest BCUT2D eigenvalue weighted by Gasteiger charge is -2.39. The SMILES string of the molecule is NCC(O)COC1O[C@H](CO)[C@@H](O)[C@H](O)[C@H]1O. The van der Waals surface area contributed by atoms with Crippen molar-refractivity contribution in [2.75, 3.05) is 19.8 Å². The molecule has 0 radical (unpaired) electrons. The van der Waals surface area contributed by atoms with Gasteiger partial charge in [0.1, 0.15) is 24.4 Å². The first-order valence-corrected chi connectivity index (χ1v) is 5.31. The molecular weight excluding hydrogens is 234 g/mol. The van der Waals surface area contributed by atoms with Crippen molar-refractivity contribution in [3.05, 3.63) is 0 Å². The van der Waals surface area contributed by atoms with Crippen molar-refractivity contribution in [2.24, 2.45) is 5.73 Å². The predicted molar refractivity (Wildman–Crippen MR) is 54.8 cm³/mol. The molecule has 0 aliphatic carbocycles. The minimum absolute atomic E-state index is 0.0164. The van der Waals surface area contributed by atoms with E-state index in [-0.39, 0.29) is 13.2 Å². The van der Waals surface area contributed by atoms with Gasteiger partial charge in [0.2, 0.25) is 0 Å². The molecule has 0 aromatic heterocycles. The molecule has 1 saturated heterocycles. The van der Waals surface area contributed by atoms with Gasteiger partial charge in [0.15, 0.2) is 6.29 Å². The van der Waals surface area contributed by atoms with Crippen LogP contribution in [0.4, 0.5) is 0 Å². The molecule has 102 valence electrons. The van der Waals surface area contributed by atoms with Crippen LogP contribution in [-0.2, 0) is 9.47 Å². The van der Waals surface area contributed by atoms with Crippen LogP contribution in [0.1, 0.15) is 0 Å². The number of hydrogen-bond donors (Lipinski definition) is 6. The molecule has 7 N–H and O–H groups in total. The standard InChI is InChI=1S/C9H19NO7/c10-1-4(12)3-16-9-8(15)7(14)6(13)5(2-11)17-9/h4-9,11-15H,1-3,10H2/t4?,5-,6-,7+,8-,9?/m1/s1. The van der Waals surface area contributed by atoms with Crippen molar-refractivity contribution in [3.8, 4) is 0 Å². The van der Waals surface area contributed by atoms with Gasteiger partial charge in [-0.05, 0) is 0 Å². The lowest BCUT2D eigenvalue weighted by atomic mass is 9.99. The average Bonchev–Trinajstić information content (AvgIpc) is 2.34. The van der Waals surface area contributed by atoms with Crippen LogP contribution >= 0.6 is 0 Å². The molecule has 1 aliphatic heterocycles. The molecule has 0 amide bonds. The Bertz CT molecular complexity index is 227. The van der Waals surface area contributed by atoms with E-state index in [1.165, 1.54) is 0 Å². The van der Waals surface area contributed by atoms with Crippen LogP contribution in [0, 0.1) is 0 Å². The number of ether oxygens (including phenoxy) is 2. The van der Waals surface area contributed by atoms with E-state index in [4.69, 9.17) is 25.4 Å². The monoisotopic (exact) mass is 253 g/mol. The second-order valence-corrected chi connectivity index (χ2v) is 3.92. The molecule has 2 unspecified atom stereocenters. The molecule has 0 aromatic carbocycles. The summed E-state index contributed by atoms with van der Waals surface area (Å²) in [6.45, 7) is -0.721. The highest BCUT2D eigenvalue weighted by Crippen LogP contribution is 2.21. The van der Waals surface area contributed by atoms with Crippen molar-refractivity contribution < 1.29 is 35.0 Å². The molecule has 0 aromatic rings. The Kier molecular flexibility index (Phi) is 5.70. The van der Waals surface area contributed by atoms with E-state index in [1.54, 1.807) is 0 Å². The van der Waals surface area contributed by atoms with Crippen LogP contribution in [0.3, 0.4) is 0 Å². The van der Waals surface area contributed by atoms with Crippen molar-refractivity contribution in [1.82, 2.24) is 0 Å². The Hall–Kier alpha value is -0.320. The third-order valence-electron chi connectivity index (χ3n) is 2.57. The van der Waals surface area contributed by atoms with Gasteiger partial charge in [-0.25, -0.2) is 0 Å². The molecule has 1 rings (SSSR count). The smallest absolute Gasteiger partial charge is 0.186 e. The number of rotatable bonds is 5. The van der Waals surface area contributed by atoms with Crippen LogP contribution in [0.2, 0.25) is 0 Å². The summed E-state index contributed by atoms with van der Waals surface area (Å²) in [5, 5.41) is 46.5. The predicted octanol–water partition coefficient (Wildman–Crippen LogP) is -3.88. The van der Waals surface area contributed by atoms with Crippen LogP contribution < -0.4 is 5.73 Å². The van der Waals surface area contributed by atoms with Crippen molar-refractivity contribution in [3.63, 3.8) is 0 Å². The molecule has 8 heteroatoms. The minimum Gasteiger partial charge on any atom is -0.394 e. The summed E-state index contributed by atoms with van der Waals surface area (Å²) >= 11 is 0. The largest absolute Gasteiger partial charge is 0.394 e. The fraction of sp³-hybridized carbons (Fsp3) is 1.00. The Labute approximate surface area is 98.2 Å². The summed E-state index contributed by atoms with van der Waals surface area (Å²) in [5.74, 6) is 0.